The Hall–Kier alpha value is -3.33. The van der Waals surface area contributed by atoms with Gasteiger partial charge in [0.25, 0.3) is 0 Å². The lowest BCUT2D eigenvalue weighted by atomic mass is 9.83. The second-order valence-corrected chi connectivity index (χ2v) is 9.75. The minimum Gasteiger partial charge on any atom is -0.343 e. The number of carbonyl (C=O) groups is 3. The number of para-hydroxylation sites is 1. The average molecular weight is 493 g/mol. The first-order chi connectivity index (χ1) is 17.5. The van der Waals surface area contributed by atoms with Gasteiger partial charge in [-0.2, -0.15) is 0 Å². The minimum absolute atomic E-state index is 0.0855. The predicted octanol–water partition coefficient (Wildman–Crippen LogP) is 2.75. The number of aromatic nitrogens is 2. The Morgan fingerprint density at radius 2 is 1.72 bits per heavy atom. The van der Waals surface area contributed by atoms with Gasteiger partial charge in [-0.25, -0.2) is 9.97 Å². The highest BCUT2D eigenvalue weighted by atomic mass is 16.2. The van der Waals surface area contributed by atoms with Crippen molar-refractivity contribution >= 4 is 23.4 Å². The first-order valence-corrected chi connectivity index (χ1v) is 12.9. The lowest BCUT2D eigenvalue weighted by Crippen LogP contribution is -2.57. The van der Waals surface area contributed by atoms with Crippen LogP contribution in [0.15, 0.2) is 43.0 Å². The number of likely N-dealkylation sites (tertiary alicyclic amines) is 1. The van der Waals surface area contributed by atoms with Crippen molar-refractivity contribution in [3.05, 3.63) is 43.0 Å². The van der Waals surface area contributed by atoms with Crippen molar-refractivity contribution in [2.75, 3.05) is 18.9 Å². The van der Waals surface area contributed by atoms with E-state index in [2.05, 4.69) is 25.9 Å². The summed E-state index contributed by atoms with van der Waals surface area (Å²) in [5.41, 5.74) is 2.26. The fraction of sp³-hybridized carbons (Fsp3) is 0.519. The zero-order valence-corrected chi connectivity index (χ0v) is 21.1. The Bertz CT molecular complexity index is 1060. The molecular formula is C27H36N6O3. The monoisotopic (exact) mass is 492 g/mol. The van der Waals surface area contributed by atoms with E-state index in [1.165, 1.54) is 6.33 Å². The molecule has 9 nitrogen and oxygen atoms in total. The minimum atomic E-state index is -0.615. The van der Waals surface area contributed by atoms with Crippen LogP contribution in [0.1, 0.15) is 51.9 Å². The molecule has 0 bridgehead atoms. The van der Waals surface area contributed by atoms with Crippen LogP contribution in [0.4, 0.5) is 5.69 Å². The van der Waals surface area contributed by atoms with Gasteiger partial charge in [0, 0.05) is 35.8 Å². The molecule has 0 spiro atoms. The second-order valence-electron chi connectivity index (χ2n) is 9.75. The summed E-state index contributed by atoms with van der Waals surface area (Å²) in [5, 5.41) is 9.00. The summed E-state index contributed by atoms with van der Waals surface area (Å²) in [4.78, 5) is 49.9. The van der Waals surface area contributed by atoms with Crippen molar-refractivity contribution < 1.29 is 14.4 Å². The Morgan fingerprint density at radius 3 is 2.44 bits per heavy atom. The van der Waals surface area contributed by atoms with E-state index < -0.39 is 18.1 Å². The molecule has 192 valence electrons. The van der Waals surface area contributed by atoms with Crippen LogP contribution < -0.4 is 16.0 Å². The molecule has 2 fully saturated rings. The van der Waals surface area contributed by atoms with Crippen molar-refractivity contribution in [3.8, 4) is 11.1 Å². The lowest BCUT2D eigenvalue weighted by Gasteiger charge is -2.35. The molecule has 1 saturated heterocycles. The second kappa shape index (κ2) is 12.1. The molecule has 4 rings (SSSR count). The zero-order chi connectivity index (χ0) is 25.5. The number of likely N-dealkylation sites (N-methyl/N-ethyl adjacent to an activating group) is 1. The van der Waals surface area contributed by atoms with Crippen LogP contribution in [-0.4, -0.2) is 64.3 Å². The molecule has 3 amide bonds. The van der Waals surface area contributed by atoms with Crippen LogP contribution in [0.5, 0.6) is 0 Å². The van der Waals surface area contributed by atoms with Crippen LogP contribution in [0.3, 0.4) is 0 Å². The third kappa shape index (κ3) is 5.90. The summed E-state index contributed by atoms with van der Waals surface area (Å²) in [6.07, 6.45) is 11.3. The molecule has 1 aromatic carbocycles. The van der Waals surface area contributed by atoms with Crippen molar-refractivity contribution in [2.45, 2.75) is 70.0 Å². The van der Waals surface area contributed by atoms with Gasteiger partial charge in [0.05, 0.1) is 6.04 Å². The maximum Gasteiger partial charge on any atom is 0.247 e. The third-order valence-electron chi connectivity index (χ3n) is 7.41. The molecule has 1 saturated carbocycles. The maximum absolute atomic E-state index is 13.8. The zero-order valence-electron chi connectivity index (χ0n) is 21.1. The van der Waals surface area contributed by atoms with Crippen molar-refractivity contribution in [3.63, 3.8) is 0 Å². The number of carbonyl (C=O) groups excluding carboxylic acids is 3. The SMILES string of the molecule is CN[C@@H](C)C(=O)N[C@H](C(=O)N1CCC[C@H]1C(=O)Nc1ccccc1-c1cncnc1)C1CCCCC1. The van der Waals surface area contributed by atoms with Gasteiger partial charge in [-0.05, 0) is 51.6 Å². The van der Waals surface area contributed by atoms with Crippen LogP contribution in [0, 0.1) is 5.92 Å². The number of benzene rings is 1. The molecule has 3 atom stereocenters. The van der Waals surface area contributed by atoms with E-state index in [1.54, 1.807) is 31.3 Å². The third-order valence-corrected chi connectivity index (χ3v) is 7.41. The van der Waals surface area contributed by atoms with Crippen LogP contribution >= 0.6 is 0 Å². The van der Waals surface area contributed by atoms with E-state index in [1.807, 2.05) is 24.3 Å². The predicted molar refractivity (Wildman–Crippen MR) is 138 cm³/mol. The summed E-state index contributed by atoms with van der Waals surface area (Å²) >= 11 is 0. The van der Waals surface area contributed by atoms with Crippen LogP contribution in [-0.2, 0) is 14.4 Å². The first kappa shape index (κ1) is 25.8. The van der Waals surface area contributed by atoms with Gasteiger partial charge >= 0.3 is 0 Å². The molecular weight excluding hydrogens is 456 g/mol. The van der Waals surface area contributed by atoms with Gasteiger partial charge in [0.1, 0.15) is 18.4 Å². The highest BCUT2D eigenvalue weighted by Crippen LogP contribution is 2.31. The Balaban J connectivity index is 1.52. The fourth-order valence-electron chi connectivity index (χ4n) is 5.24. The van der Waals surface area contributed by atoms with E-state index in [0.29, 0.717) is 18.7 Å². The van der Waals surface area contributed by atoms with Gasteiger partial charge in [-0.3, -0.25) is 14.4 Å². The molecule has 3 N–H and O–H groups in total. The summed E-state index contributed by atoms with van der Waals surface area (Å²) in [5.74, 6) is -0.480. The average Bonchev–Trinajstić information content (AvgIpc) is 3.42. The maximum atomic E-state index is 13.8. The highest BCUT2D eigenvalue weighted by Gasteiger charge is 2.41. The summed E-state index contributed by atoms with van der Waals surface area (Å²) in [6.45, 7) is 2.28. The fourth-order valence-corrected chi connectivity index (χ4v) is 5.24. The Morgan fingerprint density at radius 1 is 1.00 bits per heavy atom. The van der Waals surface area contributed by atoms with Gasteiger partial charge in [-0.15, -0.1) is 0 Å². The van der Waals surface area contributed by atoms with Gasteiger partial charge < -0.3 is 20.9 Å². The summed E-state index contributed by atoms with van der Waals surface area (Å²) in [7, 11) is 1.72. The van der Waals surface area contributed by atoms with E-state index in [4.69, 9.17) is 0 Å². The summed E-state index contributed by atoms with van der Waals surface area (Å²) < 4.78 is 0. The number of hydrogen-bond donors (Lipinski definition) is 3. The molecule has 2 aromatic rings. The van der Waals surface area contributed by atoms with E-state index >= 15 is 0 Å². The van der Waals surface area contributed by atoms with Gasteiger partial charge in [-0.1, -0.05) is 37.5 Å². The smallest absolute Gasteiger partial charge is 0.247 e. The van der Waals surface area contributed by atoms with Crippen LogP contribution in [0.2, 0.25) is 0 Å². The van der Waals surface area contributed by atoms with Crippen LogP contribution in [0.25, 0.3) is 11.1 Å². The number of nitrogens with zero attached hydrogens (tertiary/aromatic N) is 3. The van der Waals surface area contributed by atoms with E-state index in [9.17, 15) is 14.4 Å². The number of nitrogens with one attached hydrogen (secondary N) is 3. The standard InChI is InChI=1S/C27H36N6O3/c1-18(28-2)25(34)32-24(19-9-4-3-5-10-19)27(36)33-14-8-13-23(33)26(35)31-22-12-7-6-11-21(22)20-15-29-17-30-16-20/h6-7,11-12,15-19,23-24,28H,3-5,8-10,13-14H2,1-2H3,(H,31,35)(H,32,34)/t18-,23-,24-/m0/s1. The summed E-state index contributed by atoms with van der Waals surface area (Å²) in [6, 6.07) is 5.90. The topological polar surface area (TPSA) is 116 Å². The number of hydrogen-bond acceptors (Lipinski definition) is 6. The molecule has 1 aliphatic heterocycles. The lowest BCUT2D eigenvalue weighted by molar-refractivity contribution is -0.142. The highest BCUT2D eigenvalue weighted by molar-refractivity contribution is 6.01. The number of amides is 3. The molecule has 0 unspecified atom stereocenters. The van der Waals surface area contributed by atoms with Crippen molar-refractivity contribution in [1.29, 1.82) is 0 Å². The Labute approximate surface area is 212 Å². The van der Waals surface area contributed by atoms with Crippen molar-refractivity contribution in [1.82, 2.24) is 25.5 Å². The molecule has 2 heterocycles. The molecule has 1 aliphatic carbocycles. The van der Waals surface area contributed by atoms with E-state index in [0.717, 1.165) is 49.7 Å². The number of anilines is 1. The largest absolute Gasteiger partial charge is 0.343 e. The van der Waals surface area contributed by atoms with Crippen molar-refractivity contribution in [2.24, 2.45) is 5.92 Å². The normalized spacial score (nSPS) is 19.9. The molecule has 1 aromatic heterocycles. The first-order valence-electron chi connectivity index (χ1n) is 12.9. The Kier molecular flexibility index (Phi) is 8.64. The quantitative estimate of drug-likeness (QED) is 0.522. The van der Waals surface area contributed by atoms with Gasteiger partial charge in [0.2, 0.25) is 17.7 Å². The van der Waals surface area contributed by atoms with E-state index in [-0.39, 0.29) is 23.6 Å². The molecule has 2 aliphatic rings. The molecule has 0 radical (unpaired) electrons. The number of rotatable bonds is 8. The molecule has 36 heavy (non-hydrogen) atoms. The molecule has 9 heteroatoms. The van der Waals surface area contributed by atoms with Gasteiger partial charge in [0.15, 0.2) is 0 Å².